The van der Waals surface area contributed by atoms with Crippen LogP contribution in [0.3, 0.4) is 0 Å². The molecule has 2 aromatic carbocycles. The van der Waals surface area contributed by atoms with Crippen LogP contribution in [0.15, 0.2) is 72.1 Å². The first-order valence-corrected chi connectivity index (χ1v) is 10.5. The Morgan fingerprint density at radius 3 is 2.45 bits per heavy atom. The van der Waals surface area contributed by atoms with Crippen molar-refractivity contribution < 1.29 is 24.0 Å². The van der Waals surface area contributed by atoms with E-state index in [9.17, 15) is 19.7 Å². The minimum Gasteiger partial charge on any atom is -0.496 e. The molecule has 0 aromatic heterocycles. The number of esters is 1. The number of nitrogens with zero attached hydrogens (tertiary/aromatic N) is 1. The first-order valence-electron chi connectivity index (χ1n) is 10.5. The molecule has 0 saturated heterocycles. The molecule has 0 spiro atoms. The highest BCUT2D eigenvalue weighted by molar-refractivity contribution is 6.01. The first-order chi connectivity index (χ1) is 15.8. The maximum atomic E-state index is 13.5. The van der Waals surface area contributed by atoms with Crippen molar-refractivity contribution >= 4 is 17.4 Å². The van der Waals surface area contributed by atoms with Crippen molar-refractivity contribution in [3.8, 4) is 5.75 Å². The zero-order chi connectivity index (χ0) is 23.7. The summed E-state index contributed by atoms with van der Waals surface area (Å²) in [6.07, 6.45) is 0.794. The molecule has 170 valence electrons. The average molecular weight is 448 g/mol. The van der Waals surface area contributed by atoms with Crippen LogP contribution in [-0.2, 0) is 14.3 Å². The number of Topliss-reactive ketones (excluding diaryl/α,β-unsaturated/α-hetero) is 1. The van der Waals surface area contributed by atoms with Crippen LogP contribution in [0.1, 0.15) is 35.8 Å². The van der Waals surface area contributed by atoms with E-state index >= 15 is 0 Å². The number of rotatable bonds is 5. The van der Waals surface area contributed by atoms with E-state index in [2.05, 4.69) is 11.9 Å². The quantitative estimate of drug-likeness (QED) is 0.418. The highest BCUT2D eigenvalue weighted by atomic mass is 16.6. The summed E-state index contributed by atoms with van der Waals surface area (Å²) in [6.45, 7) is 4.04. The van der Waals surface area contributed by atoms with Gasteiger partial charge >= 0.3 is 5.97 Å². The molecule has 0 amide bonds. The number of nitro benzene ring substituents is 1. The number of non-ortho nitro benzene ring substituents is 1. The second-order valence-electron chi connectivity index (χ2n) is 8.14. The van der Waals surface area contributed by atoms with Gasteiger partial charge in [-0.15, -0.1) is 0 Å². The Kier molecular flexibility index (Phi) is 6.00. The van der Waals surface area contributed by atoms with E-state index < -0.39 is 22.7 Å². The molecule has 0 fully saturated rings. The maximum absolute atomic E-state index is 13.5. The number of carbonyl (C=O) groups excluding carboxylic acids is 2. The summed E-state index contributed by atoms with van der Waals surface area (Å²) in [4.78, 5) is 36.8. The molecule has 1 aliphatic heterocycles. The van der Waals surface area contributed by atoms with E-state index in [1.165, 1.54) is 19.2 Å². The van der Waals surface area contributed by atoms with Crippen molar-refractivity contribution in [2.45, 2.75) is 24.7 Å². The third kappa shape index (κ3) is 4.00. The molecule has 8 nitrogen and oxygen atoms in total. The average Bonchev–Trinajstić information content (AvgIpc) is 2.82. The number of para-hydroxylation sites is 1. The molecule has 2 aromatic rings. The van der Waals surface area contributed by atoms with Crippen LogP contribution in [-0.4, -0.2) is 30.9 Å². The van der Waals surface area contributed by atoms with E-state index in [0.717, 1.165) is 5.56 Å². The number of hydrogen-bond acceptors (Lipinski definition) is 7. The lowest BCUT2D eigenvalue weighted by molar-refractivity contribution is -0.384. The van der Waals surface area contributed by atoms with Gasteiger partial charge in [0, 0.05) is 47.4 Å². The SMILES string of the molecule is C=C1NC2=C(C(=O)CC(c3ccccc3OC)C2)C(c2ccc([N+](=O)[O-])cc2)C1C(=O)OC. The molecule has 1 heterocycles. The normalized spacial score (nSPS) is 22.3. The van der Waals surface area contributed by atoms with Crippen LogP contribution in [0.25, 0.3) is 0 Å². The highest BCUT2D eigenvalue weighted by Crippen LogP contribution is 2.48. The van der Waals surface area contributed by atoms with E-state index in [0.29, 0.717) is 34.7 Å². The lowest BCUT2D eigenvalue weighted by Crippen LogP contribution is -2.42. The molecule has 4 rings (SSSR count). The Morgan fingerprint density at radius 1 is 1.12 bits per heavy atom. The molecular formula is C25H24N2O6. The van der Waals surface area contributed by atoms with Gasteiger partial charge in [-0.1, -0.05) is 36.9 Å². The lowest BCUT2D eigenvalue weighted by Gasteiger charge is -2.40. The Morgan fingerprint density at radius 2 is 1.82 bits per heavy atom. The highest BCUT2D eigenvalue weighted by Gasteiger charge is 2.45. The van der Waals surface area contributed by atoms with Crippen LogP contribution in [0.4, 0.5) is 5.69 Å². The van der Waals surface area contributed by atoms with Gasteiger partial charge in [-0.3, -0.25) is 19.7 Å². The lowest BCUT2D eigenvalue weighted by atomic mass is 9.69. The molecule has 0 saturated carbocycles. The van der Waals surface area contributed by atoms with Gasteiger partial charge in [-0.25, -0.2) is 0 Å². The van der Waals surface area contributed by atoms with Crippen molar-refractivity contribution in [2.75, 3.05) is 14.2 Å². The summed E-state index contributed by atoms with van der Waals surface area (Å²) >= 11 is 0. The smallest absolute Gasteiger partial charge is 0.315 e. The number of allylic oxidation sites excluding steroid dienone is 2. The third-order valence-corrected chi connectivity index (χ3v) is 6.34. The zero-order valence-electron chi connectivity index (χ0n) is 18.4. The largest absolute Gasteiger partial charge is 0.496 e. The number of carbonyl (C=O) groups is 2. The summed E-state index contributed by atoms with van der Waals surface area (Å²) in [5, 5.41) is 14.3. The summed E-state index contributed by atoms with van der Waals surface area (Å²) in [7, 11) is 2.88. The van der Waals surface area contributed by atoms with E-state index in [-0.39, 0.29) is 23.8 Å². The van der Waals surface area contributed by atoms with Gasteiger partial charge in [0.1, 0.15) is 11.7 Å². The fraction of sp³-hybridized carbons (Fsp3) is 0.280. The predicted molar refractivity (Wildman–Crippen MR) is 121 cm³/mol. The maximum Gasteiger partial charge on any atom is 0.315 e. The minimum atomic E-state index is -0.832. The second-order valence-corrected chi connectivity index (χ2v) is 8.14. The van der Waals surface area contributed by atoms with Gasteiger partial charge in [-0.05, 0) is 23.6 Å². The first kappa shape index (κ1) is 22.3. The molecule has 3 atom stereocenters. The van der Waals surface area contributed by atoms with Crippen molar-refractivity contribution in [3.05, 3.63) is 93.3 Å². The van der Waals surface area contributed by atoms with Gasteiger partial charge in [0.25, 0.3) is 5.69 Å². The number of nitrogens with one attached hydrogen (secondary N) is 1. The fourth-order valence-electron chi connectivity index (χ4n) is 4.84. The van der Waals surface area contributed by atoms with Gasteiger partial charge in [0.05, 0.1) is 19.1 Å². The molecular weight excluding hydrogens is 424 g/mol. The van der Waals surface area contributed by atoms with Crippen LogP contribution < -0.4 is 10.1 Å². The summed E-state index contributed by atoms with van der Waals surface area (Å²) in [5.41, 5.74) is 3.12. The third-order valence-electron chi connectivity index (χ3n) is 6.34. The van der Waals surface area contributed by atoms with Crippen molar-refractivity contribution in [1.82, 2.24) is 5.32 Å². The van der Waals surface area contributed by atoms with Crippen molar-refractivity contribution in [2.24, 2.45) is 5.92 Å². The standard InChI is InChI=1S/C25H24N2O6/c1-14-22(25(29)33-3)23(15-8-10-17(11-9-15)27(30)31)24-19(26-14)12-16(13-20(24)28)18-6-4-5-7-21(18)32-2/h4-11,16,22-23,26H,1,12-13H2,2-3H3. The number of ether oxygens (including phenoxy) is 2. The topological polar surface area (TPSA) is 108 Å². The van der Waals surface area contributed by atoms with Crippen LogP contribution in [0, 0.1) is 16.0 Å². The summed E-state index contributed by atoms with van der Waals surface area (Å²) in [6, 6.07) is 13.5. The molecule has 3 unspecified atom stereocenters. The summed E-state index contributed by atoms with van der Waals surface area (Å²) < 4.78 is 10.5. The van der Waals surface area contributed by atoms with E-state index in [1.807, 2.05) is 24.3 Å². The molecule has 2 aliphatic rings. The number of nitro groups is 1. The number of methoxy groups -OCH3 is 2. The Hall–Kier alpha value is -3.94. The van der Waals surface area contributed by atoms with Crippen LogP contribution >= 0.6 is 0 Å². The molecule has 0 radical (unpaired) electrons. The second kappa shape index (κ2) is 8.90. The van der Waals surface area contributed by atoms with Crippen molar-refractivity contribution in [1.29, 1.82) is 0 Å². The van der Waals surface area contributed by atoms with E-state index in [1.54, 1.807) is 19.2 Å². The van der Waals surface area contributed by atoms with Gasteiger partial charge in [0.15, 0.2) is 5.78 Å². The van der Waals surface area contributed by atoms with Crippen LogP contribution in [0.5, 0.6) is 5.75 Å². The van der Waals surface area contributed by atoms with Crippen molar-refractivity contribution in [3.63, 3.8) is 0 Å². The molecule has 33 heavy (non-hydrogen) atoms. The monoisotopic (exact) mass is 448 g/mol. The van der Waals surface area contributed by atoms with Gasteiger partial charge in [-0.2, -0.15) is 0 Å². The fourth-order valence-corrected chi connectivity index (χ4v) is 4.84. The molecule has 1 aliphatic carbocycles. The zero-order valence-corrected chi connectivity index (χ0v) is 18.4. The number of ketones is 1. The molecule has 0 bridgehead atoms. The Labute approximate surface area is 191 Å². The molecule has 1 N–H and O–H groups in total. The van der Waals surface area contributed by atoms with Gasteiger partial charge < -0.3 is 14.8 Å². The summed E-state index contributed by atoms with van der Waals surface area (Å²) in [5.74, 6) is -1.48. The Bertz CT molecular complexity index is 1170. The van der Waals surface area contributed by atoms with Crippen LogP contribution in [0.2, 0.25) is 0 Å². The van der Waals surface area contributed by atoms with E-state index in [4.69, 9.17) is 9.47 Å². The number of hydrogen-bond donors (Lipinski definition) is 1. The number of benzene rings is 2. The predicted octanol–water partition coefficient (Wildman–Crippen LogP) is 3.99. The van der Waals surface area contributed by atoms with Gasteiger partial charge in [0.2, 0.25) is 0 Å². The Balaban J connectivity index is 1.80. The minimum absolute atomic E-state index is 0.0680. The molecule has 8 heteroatoms.